The van der Waals surface area contributed by atoms with Crippen molar-refractivity contribution < 1.29 is 27.4 Å². The lowest BCUT2D eigenvalue weighted by Gasteiger charge is -2.17. The van der Waals surface area contributed by atoms with Gasteiger partial charge in [0.1, 0.15) is 23.3 Å². The molecule has 2 heterocycles. The number of fused-ring (bicyclic) bond motifs is 1. The summed E-state index contributed by atoms with van der Waals surface area (Å²) in [5.74, 6) is 0.721. The zero-order chi connectivity index (χ0) is 28.4. The number of nitrogens with one attached hydrogen (secondary N) is 1. The molecule has 0 aliphatic rings. The van der Waals surface area contributed by atoms with Gasteiger partial charge in [0.15, 0.2) is 0 Å². The van der Waals surface area contributed by atoms with Crippen LogP contribution in [0, 0.1) is 6.92 Å². The Labute approximate surface area is 225 Å². The van der Waals surface area contributed by atoms with Crippen LogP contribution < -0.4 is 16.0 Å². The van der Waals surface area contributed by atoms with Gasteiger partial charge < -0.3 is 9.84 Å². The molecule has 2 aromatic heterocycles. The fraction of sp³-hybridized carbons (Fsp3) is 0.357. The van der Waals surface area contributed by atoms with Gasteiger partial charge in [0, 0.05) is 10.4 Å². The minimum Gasteiger partial charge on any atom is -0.489 e. The first kappa shape index (κ1) is 28.6. The maximum absolute atomic E-state index is 13.0. The van der Waals surface area contributed by atoms with Crippen molar-refractivity contribution >= 4 is 21.6 Å². The summed E-state index contributed by atoms with van der Waals surface area (Å²) >= 11 is 1.12. The van der Waals surface area contributed by atoms with Gasteiger partial charge in [0.05, 0.1) is 11.9 Å². The van der Waals surface area contributed by atoms with Crippen LogP contribution in [0.2, 0.25) is 0 Å². The predicted octanol–water partition coefficient (Wildman–Crippen LogP) is 6.38. The molecule has 0 bridgehead atoms. The SMILES string of the molecule is CCC(C)c1cc(-c2sc3c(c2C)c(=O)[nH]c(=O)n3CC(O)C(F)F)ccc1OCc1ccc(C(F)F)cc1. The molecule has 2 aromatic carbocycles. The number of hydrogen-bond donors (Lipinski definition) is 2. The number of thiophene rings is 1. The number of rotatable bonds is 10. The zero-order valence-corrected chi connectivity index (χ0v) is 22.3. The third kappa shape index (κ3) is 5.94. The van der Waals surface area contributed by atoms with Crippen LogP contribution in [0.15, 0.2) is 52.1 Å². The lowest BCUT2D eigenvalue weighted by molar-refractivity contribution is -0.0135. The van der Waals surface area contributed by atoms with E-state index in [0.29, 0.717) is 16.2 Å². The van der Waals surface area contributed by atoms with Crippen LogP contribution in [-0.4, -0.2) is 27.2 Å². The summed E-state index contributed by atoms with van der Waals surface area (Å²) in [5, 5.41) is 9.91. The van der Waals surface area contributed by atoms with Gasteiger partial charge in [-0.3, -0.25) is 14.3 Å². The number of halogens is 4. The van der Waals surface area contributed by atoms with Gasteiger partial charge in [0.2, 0.25) is 0 Å². The molecule has 0 saturated heterocycles. The summed E-state index contributed by atoms with van der Waals surface area (Å²) in [7, 11) is 0. The molecule has 208 valence electrons. The molecule has 2 N–H and O–H groups in total. The number of aromatic nitrogens is 2. The van der Waals surface area contributed by atoms with E-state index >= 15 is 0 Å². The molecule has 0 fully saturated rings. The second-order valence-electron chi connectivity index (χ2n) is 9.40. The quantitative estimate of drug-likeness (QED) is 0.219. The van der Waals surface area contributed by atoms with Crippen molar-refractivity contribution in [3.05, 3.63) is 85.6 Å². The van der Waals surface area contributed by atoms with E-state index in [1.165, 1.54) is 12.1 Å². The molecule has 0 saturated carbocycles. The van der Waals surface area contributed by atoms with E-state index < -0.39 is 36.7 Å². The fourth-order valence-electron chi connectivity index (χ4n) is 4.33. The number of benzene rings is 2. The lowest BCUT2D eigenvalue weighted by atomic mass is 9.94. The van der Waals surface area contributed by atoms with Gasteiger partial charge in [-0.25, -0.2) is 22.4 Å². The number of aliphatic hydroxyl groups excluding tert-OH is 1. The highest BCUT2D eigenvalue weighted by molar-refractivity contribution is 7.22. The third-order valence-corrected chi connectivity index (χ3v) is 8.13. The summed E-state index contributed by atoms with van der Waals surface area (Å²) in [4.78, 5) is 28.1. The predicted molar refractivity (Wildman–Crippen MR) is 143 cm³/mol. The van der Waals surface area contributed by atoms with Crippen molar-refractivity contribution in [3.8, 4) is 16.2 Å². The van der Waals surface area contributed by atoms with E-state index in [-0.39, 0.29) is 28.3 Å². The Morgan fingerprint density at radius 3 is 2.38 bits per heavy atom. The van der Waals surface area contributed by atoms with Crippen LogP contribution >= 0.6 is 11.3 Å². The number of aryl methyl sites for hydroxylation is 1. The zero-order valence-electron chi connectivity index (χ0n) is 21.5. The van der Waals surface area contributed by atoms with Crippen LogP contribution in [0.1, 0.15) is 54.9 Å². The first-order chi connectivity index (χ1) is 18.5. The van der Waals surface area contributed by atoms with E-state index in [4.69, 9.17) is 4.74 Å². The molecule has 0 spiro atoms. The normalized spacial score (nSPS) is 13.4. The van der Waals surface area contributed by atoms with Crippen molar-refractivity contribution in [2.45, 2.75) is 65.2 Å². The highest BCUT2D eigenvalue weighted by Gasteiger charge is 2.23. The van der Waals surface area contributed by atoms with E-state index in [0.717, 1.165) is 39.0 Å². The van der Waals surface area contributed by atoms with Crippen molar-refractivity contribution in [1.29, 1.82) is 0 Å². The standard InChI is InChI=1S/C28H28F4N2O4S/c1-4-14(2)19-11-18(9-10-21(19)38-13-16-5-7-17(8-6-16)24(29)30)23-15(3)22-26(36)33-28(37)34(27(22)39-23)12-20(35)25(31)32/h5-11,14,20,24-25,35H,4,12-13H2,1-3H3,(H,33,36,37). The van der Waals surface area contributed by atoms with Gasteiger partial charge in [-0.1, -0.05) is 38.1 Å². The molecule has 4 aromatic rings. The van der Waals surface area contributed by atoms with Crippen molar-refractivity contribution in [2.24, 2.45) is 0 Å². The van der Waals surface area contributed by atoms with E-state index in [2.05, 4.69) is 4.98 Å². The van der Waals surface area contributed by atoms with Crippen molar-refractivity contribution in [3.63, 3.8) is 0 Å². The monoisotopic (exact) mass is 564 g/mol. The van der Waals surface area contributed by atoms with Crippen LogP contribution in [0.5, 0.6) is 5.75 Å². The van der Waals surface area contributed by atoms with Crippen LogP contribution in [0.25, 0.3) is 20.7 Å². The Hall–Kier alpha value is -3.44. The highest BCUT2D eigenvalue weighted by atomic mass is 32.1. The summed E-state index contributed by atoms with van der Waals surface area (Å²) in [5.41, 5.74) is 1.42. The van der Waals surface area contributed by atoms with Gasteiger partial charge in [-0.05, 0) is 59.7 Å². The molecule has 0 aliphatic heterocycles. The average Bonchev–Trinajstić information content (AvgIpc) is 3.26. The summed E-state index contributed by atoms with van der Waals surface area (Å²) < 4.78 is 58.8. The van der Waals surface area contributed by atoms with E-state index in [1.807, 2.05) is 26.0 Å². The second kappa shape index (κ2) is 11.7. The molecule has 11 heteroatoms. The Bertz CT molecular complexity index is 1580. The number of hydrogen-bond acceptors (Lipinski definition) is 5. The number of H-pyrrole nitrogens is 1. The minimum absolute atomic E-state index is 0.0601. The number of alkyl halides is 4. The topological polar surface area (TPSA) is 84.3 Å². The smallest absolute Gasteiger partial charge is 0.329 e. The maximum atomic E-state index is 13.0. The highest BCUT2D eigenvalue weighted by Crippen LogP contribution is 2.40. The van der Waals surface area contributed by atoms with Crippen molar-refractivity contribution in [1.82, 2.24) is 9.55 Å². The first-order valence-electron chi connectivity index (χ1n) is 12.4. The number of nitrogens with zero attached hydrogens (tertiary/aromatic N) is 1. The summed E-state index contributed by atoms with van der Waals surface area (Å²) in [6, 6.07) is 11.5. The summed E-state index contributed by atoms with van der Waals surface area (Å²) in [6.45, 7) is 5.31. The molecule has 6 nitrogen and oxygen atoms in total. The molecular weight excluding hydrogens is 536 g/mol. The molecule has 0 radical (unpaired) electrons. The largest absolute Gasteiger partial charge is 0.489 e. The van der Waals surface area contributed by atoms with E-state index in [9.17, 15) is 32.3 Å². The second-order valence-corrected chi connectivity index (χ2v) is 10.4. The van der Waals surface area contributed by atoms with E-state index in [1.54, 1.807) is 25.1 Å². The Balaban J connectivity index is 1.73. The number of aromatic amines is 1. The Morgan fingerprint density at radius 1 is 1.08 bits per heavy atom. The van der Waals surface area contributed by atoms with Gasteiger partial charge in [-0.15, -0.1) is 11.3 Å². The Kier molecular flexibility index (Phi) is 8.60. The molecule has 2 atom stereocenters. The van der Waals surface area contributed by atoms with Crippen molar-refractivity contribution in [2.75, 3.05) is 0 Å². The summed E-state index contributed by atoms with van der Waals surface area (Å²) in [6.07, 6.45) is -6.85. The van der Waals surface area contributed by atoms with Gasteiger partial charge in [0.25, 0.3) is 18.4 Å². The average molecular weight is 565 g/mol. The van der Waals surface area contributed by atoms with Crippen LogP contribution in [0.4, 0.5) is 17.6 Å². The van der Waals surface area contributed by atoms with Crippen LogP contribution in [-0.2, 0) is 13.2 Å². The Morgan fingerprint density at radius 2 is 1.77 bits per heavy atom. The molecule has 0 aliphatic carbocycles. The third-order valence-electron chi connectivity index (χ3n) is 6.77. The number of ether oxygens (including phenoxy) is 1. The maximum Gasteiger partial charge on any atom is 0.329 e. The fourth-order valence-corrected chi connectivity index (χ4v) is 5.64. The number of aliphatic hydroxyl groups is 1. The van der Waals surface area contributed by atoms with Gasteiger partial charge in [-0.2, -0.15) is 0 Å². The van der Waals surface area contributed by atoms with Gasteiger partial charge >= 0.3 is 5.69 Å². The lowest BCUT2D eigenvalue weighted by Crippen LogP contribution is -2.35. The minimum atomic E-state index is -3.05. The molecular formula is C28H28F4N2O4S. The first-order valence-corrected chi connectivity index (χ1v) is 13.2. The molecule has 4 rings (SSSR count). The molecule has 0 amide bonds. The molecule has 2 unspecified atom stereocenters. The molecule has 39 heavy (non-hydrogen) atoms. The van der Waals surface area contributed by atoms with Crippen LogP contribution in [0.3, 0.4) is 0 Å².